The zero-order chi connectivity index (χ0) is 9.35. The first kappa shape index (κ1) is 9.72. The van der Waals surface area contributed by atoms with Crippen molar-refractivity contribution in [2.24, 2.45) is 17.1 Å². The Morgan fingerprint density at radius 2 is 2.00 bits per heavy atom. The van der Waals surface area contributed by atoms with E-state index < -0.39 is 0 Å². The van der Waals surface area contributed by atoms with Crippen molar-refractivity contribution in [3.63, 3.8) is 0 Å². The van der Waals surface area contributed by atoms with Crippen molar-refractivity contribution < 1.29 is 4.79 Å². The predicted molar refractivity (Wildman–Crippen MR) is 49.8 cm³/mol. The van der Waals surface area contributed by atoms with Crippen LogP contribution < -0.4 is 5.73 Å². The molecule has 2 nitrogen and oxygen atoms in total. The van der Waals surface area contributed by atoms with Crippen molar-refractivity contribution in [3.8, 4) is 0 Å². The first-order valence-corrected chi connectivity index (χ1v) is 4.69. The van der Waals surface area contributed by atoms with Gasteiger partial charge in [0.25, 0.3) is 0 Å². The Morgan fingerprint density at radius 3 is 2.33 bits per heavy atom. The molecule has 0 spiro atoms. The Morgan fingerprint density at radius 1 is 1.50 bits per heavy atom. The fourth-order valence-electron chi connectivity index (χ4n) is 1.09. The lowest BCUT2D eigenvalue weighted by Crippen LogP contribution is -2.37. The molecule has 2 N–H and O–H groups in total. The highest BCUT2D eigenvalue weighted by Crippen LogP contribution is 2.32. The monoisotopic (exact) mass is 169 g/mol. The molecule has 0 aromatic carbocycles. The number of hydrogen-bond donors (Lipinski definition) is 1. The van der Waals surface area contributed by atoms with Crippen LogP contribution in [-0.2, 0) is 4.79 Å². The van der Waals surface area contributed by atoms with E-state index in [0.29, 0.717) is 18.1 Å². The van der Waals surface area contributed by atoms with Gasteiger partial charge in [-0.3, -0.25) is 4.79 Å². The van der Waals surface area contributed by atoms with Crippen molar-refractivity contribution in [2.75, 3.05) is 0 Å². The second kappa shape index (κ2) is 3.17. The molecule has 0 aromatic rings. The Hall–Kier alpha value is -0.370. The molecule has 1 unspecified atom stereocenters. The summed E-state index contributed by atoms with van der Waals surface area (Å²) in [5.41, 5.74) is 5.96. The average molecular weight is 169 g/mol. The Bertz CT molecular complexity index is 177. The van der Waals surface area contributed by atoms with Crippen LogP contribution in [0, 0.1) is 11.3 Å². The highest BCUT2D eigenvalue weighted by Gasteiger charge is 2.32. The fourth-order valence-corrected chi connectivity index (χ4v) is 1.09. The van der Waals surface area contributed by atoms with Gasteiger partial charge in [0.05, 0.1) is 0 Å². The van der Waals surface area contributed by atoms with Gasteiger partial charge in [-0.05, 0) is 18.3 Å². The maximum absolute atomic E-state index is 11.4. The zero-order valence-corrected chi connectivity index (χ0v) is 8.26. The molecule has 1 atom stereocenters. The minimum absolute atomic E-state index is 0.0191. The van der Waals surface area contributed by atoms with E-state index in [0.717, 1.165) is 12.8 Å². The summed E-state index contributed by atoms with van der Waals surface area (Å²) in [6.45, 7) is 6.24. The summed E-state index contributed by atoms with van der Waals surface area (Å²) in [7, 11) is 0. The van der Waals surface area contributed by atoms with Crippen LogP contribution in [0.4, 0.5) is 0 Å². The van der Waals surface area contributed by atoms with Gasteiger partial charge >= 0.3 is 0 Å². The first-order chi connectivity index (χ1) is 5.41. The van der Waals surface area contributed by atoms with E-state index in [1.807, 2.05) is 0 Å². The van der Waals surface area contributed by atoms with Gasteiger partial charge < -0.3 is 5.73 Å². The molecule has 1 aliphatic carbocycles. The van der Waals surface area contributed by atoms with Crippen LogP contribution in [0.25, 0.3) is 0 Å². The topological polar surface area (TPSA) is 43.1 Å². The standard InChI is InChI=1S/C10H19NO/c1-10(2,3)9(11)6-8(12)7-4-5-7/h7,9H,4-6,11H2,1-3H3. The van der Waals surface area contributed by atoms with E-state index >= 15 is 0 Å². The summed E-state index contributed by atoms with van der Waals surface area (Å²) in [5, 5.41) is 0. The van der Waals surface area contributed by atoms with Crippen LogP contribution in [-0.4, -0.2) is 11.8 Å². The summed E-state index contributed by atoms with van der Waals surface area (Å²) < 4.78 is 0. The maximum atomic E-state index is 11.4. The van der Waals surface area contributed by atoms with E-state index in [9.17, 15) is 4.79 Å². The largest absolute Gasteiger partial charge is 0.327 e. The smallest absolute Gasteiger partial charge is 0.137 e. The molecule has 0 saturated heterocycles. The lowest BCUT2D eigenvalue weighted by Gasteiger charge is -2.26. The highest BCUT2D eigenvalue weighted by atomic mass is 16.1. The third-order valence-corrected chi connectivity index (χ3v) is 2.57. The minimum atomic E-state index is 0.0191. The predicted octanol–water partition coefficient (Wildman–Crippen LogP) is 1.73. The second-order valence-corrected chi connectivity index (χ2v) is 4.92. The van der Waals surface area contributed by atoms with E-state index in [1.54, 1.807) is 0 Å². The summed E-state index contributed by atoms with van der Waals surface area (Å²) in [6, 6.07) is 0.0191. The molecule has 12 heavy (non-hydrogen) atoms. The molecule has 1 fully saturated rings. The van der Waals surface area contributed by atoms with Gasteiger partial charge in [0.15, 0.2) is 0 Å². The normalized spacial score (nSPS) is 20.7. The average Bonchev–Trinajstić information content (AvgIpc) is 2.65. The van der Waals surface area contributed by atoms with Crippen molar-refractivity contribution in [3.05, 3.63) is 0 Å². The highest BCUT2D eigenvalue weighted by molar-refractivity contribution is 5.83. The SMILES string of the molecule is CC(C)(C)C(N)CC(=O)C1CC1. The molecule has 0 radical (unpaired) electrons. The van der Waals surface area contributed by atoms with Crippen LogP contribution in [0.1, 0.15) is 40.0 Å². The second-order valence-electron chi connectivity index (χ2n) is 4.92. The summed E-state index contributed by atoms with van der Waals surface area (Å²) in [4.78, 5) is 11.4. The van der Waals surface area contributed by atoms with Crippen LogP contribution in [0.5, 0.6) is 0 Å². The zero-order valence-electron chi connectivity index (χ0n) is 8.26. The Labute approximate surface area is 74.5 Å². The molecule has 1 saturated carbocycles. The third-order valence-electron chi connectivity index (χ3n) is 2.57. The first-order valence-electron chi connectivity index (χ1n) is 4.69. The summed E-state index contributed by atoms with van der Waals surface area (Å²) in [5.74, 6) is 0.732. The summed E-state index contributed by atoms with van der Waals surface area (Å²) in [6.07, 6.45) is 2.75. The lowest BCUT2D eigenvalue weighted by atomic mass is 9.84. The number of nitrogens with two attached hydrogens (primary N) is 1. The number of Topliss-reactive ketones (excluding diaryl/α,β-unsaturated/α-hetero) is 1. The van der Waals surface area contributed by atoms with Crippen LogP contribution >= 0.6 is 0 Å². The van der Waals surface area contributed by atoms with Crippen LogP contribution in [0.3, 0.4) is 0 Å². The Balaban J connectivity index is 2.34. The quantitative estimate of drug-likeness (QED) is 0.699. The number of ketones is 1. The number of hydrogen-bond acceptors (Lipinski definition) is 2. The molecule has 1 aliphatic rings. The van der Waals surface area contributed by atoms with Crippen molar-refractivity contribution >= 4 is 5.78 Å². The minimum Gasteiger partial charge on any atom is -0.327 e. The van der Waals surface area contributed by atoms with Gasteiger partial charge in [0, 0.05) is 18.4 Å². The molecular weight excluding hydrogens is 150 g/mol. The molecule has 0 amide bonds. The fraction of sp³-hybridized carbons (Fsp3) is 0.900. The molecule has 0 heterocycles. The molecular formula is C10H19NO. The van der Waals surface area contributed by atoms with Gasteiger partial charge in [-0.15, -0.1) is 0 Å². The molecule has 0 aliphatic heterocycles. The molecule has 1 rings (SSSR count). The lowest BCUT2D eigenvalue weighted by molar-refractivity contribution is -0.121. The number of carbonyl (C=O) groups is 1. The summed E-state index contributed by atoms with van der Waals surface area (Å²) >= 11 is 0. The number of rotatable bonds is 3. The van der Waals surface area contributed by atoms with Crippen LogP contribution in [0.2, 0.25) is 0 Å². The molecule has 2 heteroatoms. The van der Waals surface area contributed by atoms with E-state index in [2.05, 4.69) is 20.8 Å². The third kappa shape index (κ3) is 2.59. The van der Waals surface area contributed by atoms with Crippen molar-refractivity contribution in [1.82, 2.24) is 0 Å². The van der Waals surface area contributed by atoms with E-state index in [4.69, 9.17) is 5.73 Å². The van der Waals surface area contributed by atoms with Gasteiger partial charge in [-0.25, -0.2) is 0 Å². The van der Waals surface area contributed by atoms with Gasteiger partial charge in [0.1, 0.15) is 5.78 Å². The molecule has 0 aromatic heterocycles. The Kier molecular flexibility index (Phi) is 2.57. The van der Waals surface area contributed by atoms with E-state index in [1.165, 1.54) is 0 Å². The number of carbonyl (C=O) groups excluding carboxylic acids is 1. The maximum Gasteiger partial charge on any atom is 0.137 e. The van der Waals surface area contributed by atoms with Crippen molar-refractivity contribution in [2.45, 2.75) is 46.1 Å². The van der Waals surface area contributed by atoms with Gasteiger partial charge in [-0.2, -0.15) is 0 Å². The van der Waals surface area contributed by atoms with Gasteiger partial charge in [0.2, 0.25) is 0 Å². The molecule has 0 bridgehead atoms. The van der Waals surface area contributed by atoms with Crippen LogP contribution in [0.15, 0.2) is 0 Å². The van der Waals surface area contributed by atoms with Crippen molar-refractivity contribution in [1.29, 1.82) is 0 Å². The molecule has 70 valence electrons. The van der Waals surface area contributed by atoms with Gasteiger partial charge in [-0.1, -0.05) is 20.8 Å². The van der Waals surface area contributed by atoms with E-state index in [-0.39, 0.29) is 11.5 Å².